The SMILES string of the molecule is CNCC1CCCN(C(=O)c2ccc(Oc3ccc(F)cc3F)cc2)C1.Cl. The van der Waals surface area contributed by atoms with Crippen molar-refractivity contribution in [2.45, 2.75) is 12.8 Å². The molecule has 1 fully saturated rings. The van der Waals surface area contributed by atoms with Crippen LogP contribution in [0.1, 0.15) is 23.2 Å². The van der Waals surface area contributed by atoms with Gasteiger partial charge in [0.25, 0.3) is 5.91 Å². The summed E-state index contributed by atoms with van der Waals surface area (Å²) in [7, 11) is 1.92. The van der Waals surface area contributed by atoms with Crippen LogP contribution in [0, 0.1) is 17.6 Å². The molecular weight excluding hydrogens is 374 g/mol. The minimum absolute atomic E-state index is 0. The van der Waals surface area contributed by atoms with E-state index in [1.54, 1.807) is 24.3 Å². The van der Waals surface area contributed by atoms with Crippen LogP contribution in [0.3, 0.4) is 0 Å². The van der Waals surface area contributed by atoms with Crippen molar-refractivity contribution in [3.8, 4) is 11.5 Å². The zero-order valence-corrected chi connectivity index (χ0v) is 15.9. The molecule has 2 aromatic rings. The van der Waals surface area contributed by atoms with E-state index in [9.17, 15) is 13.6 Å². The van der Waals surface area contributed by atoms with Gasteiger partial charge in [-0.25, -0.2) is 8.78 Å². The van der Waals surface area contributed by atoms with Crippen LogP contribution < -0.4 is 10.1 Å². The highest BCUT2D eigenvalue weighted by Crippen LogP contribution is 2.26. The van der Waals surface area contributed by atoms with Gasteiger partial charge in [0.05, 0.1) is 0 Å². The highest BCUT2D eigenvalue weighted by Gasteiger charge is 2.24. The van der Waals surface area contributed by atoms with Gasteiger partial charge in [0, 0.05) is 24.7 Å². The predicted molar refractivity (Wildman–Crippen MR) is 103 cm³/mol. The summed E-state index contributed by atoms with van der Waals surface area (Å²) in [5, 5.41) is 3.17. The van der Waals surface area contributed by atoms with Gasteiger partial charge in [-0.05, 0) is 68.8 Å². The van der Waals surface area contributed by atoms with Gasteiger partial charge >= 0.3 is 0 Å². The third-order valence-electron chi connectivity index (χ3n) is 4.52. The minimum Gasteiger partial charge on any atom is -0.454 e. The van der Waals surface area contributed by atoms with Gasteiger partial charge in [-0.15, -0.1) is 12.4 Å². The van der Waals surface area contributed by atoms with E-state index in [1.165, 1.54) is 6.07 Å². The molecule has 1 aliphatic heterocycles. The Kier molecular flexibility index (Phi) is 7.56. The second-order valence-corrected chi connectivity index (χ2v) is 6.52. The summed E-state index contributed by atoms with van der Waals surface area (Å²) in [5.41, 5.74) is 0.571. The number of nitrogens with one attached hydrogen (secondary N) is 1. The Balaban J connectivity index is 0.00000261. The van der Waals surface area contributed by atoms with Crippen molar-refractivity contribution in [2.24, 2.45) is 5.92 Å². The fourth-order valence-corrected chi connectivity index (χ4v) is 3.24. The average Bonchev–Trinajstić information content (AvgIpc) is 2.65. The van der Waals surface area contributed by atoms with Gasteiger partial charge in [-0.2, -0.15) is 0 Å². The number of carbonyl (C=O) groups is 1. The van der Waals surface area contributed by atoms with E-state index in [0.29, 0.717) is 17.2 Å². The van der Waals surface area contributed by atoms with Gasteiger partial charge < -0.3 is 15.0 Å². The fourth-order valence-electron chi connectivity index (χ4n) is 3.24. The molecule has 3 rings (SSSR count). The molecule has 1 amide bonds. The second-order valence-electron chi connectivity index (χ2n) is 6.52. The van der Waals surface area contributed by atoms with E-state index in [-0.39, 0.29) is 24.1 Å². The zero-order valence-electron chi connectivity index (χ0n) is 15.1. The van der Waals surface area contributed by atoms with E-state index in [0.717, 1.165) is 44.6 Å². The Morgan fingerprint density at radius 2 is 1.96 bits per heavy atom. The number of amides is 1. The lowest BCUT2D eigenvalue weighted by molar-refractivity contribution is 0.0674. The molecule has 0 aromatic heterocycles. The van der Waals surface area contributed by atoms with Crippen LogP contribution in [0.4, 0.5) is 8.78 Å². The van der Waals surface area contributed by atoms with Gasteiger partial charge in [0.15, 0.2) is 11.6 Å². The van der Waals surface area contributed by atoms with Crippen LogP contribution in [0.25, 0.3) is 0 Å². The standard InChI is InChI=1S/C20H22F2N2O2.ClH/c1-23-12-14-3-2-10-24(13-14)20(25)15-4-7-17(8-5-15)26-19-9-6-16(21)11-18(19)22;/h4-9,11,14,23H,2-3,10,12-13H2,1H3;1H. The molecule has 0 radical (unpaired) electrons. The van der Waals surface area contributed by atoms with Crippen molar-refractivity contribution in [1.82, 2.24) is 10.2 Å². The second kappa shape index (κ2) is 9.67. The lowest BCUT2D eigenvalue weighted by Crippen LogP contribution is -2.42. The molecule has 0 aliphatic carbocycles. The van der Waals surface area contributed by atoms with Crippen molar-refractivity contribution in [3.63, 3.8) is 0 Å². The molecule has 1 atom stereocenters. The number of piperidine rings is 1. The first-order valence-corrected chi connectivity index (χ1v) is 8.73. The number of benzene rings is 2. The molecule has 7 heteroatoms. The first-order chi connectivity index (χ1) is 12.6. The van der Waals surface area contributed by atoms with E-state index >= 15 is 0 Å². The summed E-state index contributed by atoms with van der Waals surface area (Å²) in [5.74, 6) is -0.634. The largest absolute Gasteiger partial charge is 0.454 e. The summed E-state index contributed by atoms with van der Waals surface area (Å²) in [6.45, 7) is 2.41. The van der Waals surface area contributed by atoms with E-state index < -0.39 is 11.6 Å². The van der Waals surface area contributed by atoms with E-state index in [4.69, 9.17) is 4.74 Å². The Bertz CT molecular complexity index is 769. The summed E-state index contributed by atoms with van der Waals surface area (Å²) >= 11 is 0. The van der Waals surface area contributed by atoms with Gasteiger partial charge in [0.1, 0.15) is 11.6 Å². The number of ether oxygens (including phenoxy) is 1. The monoisotopic (exact) mass is 396 g/mol. The molecule has 4 nitrogen and oxygen atoms in total. The van der Waals surface area contributed by atoms with Gasteiger partial charge in [-0.1, -0.05) is 0 Å². The highest BCUT2D eigenvalue weighted by atomic mass is 35.5. The van der Waals surface area contributed by atoms with Crippen molar-refractivity contribution in [1.29, 1.82) is 0 Å². The maximum absolute atomic E-state index is 13.7. The van der Waals surface area contributed by atoms with Crippen LogP contribution in [-0.4, -0.2) is 37.5 Å². The average molecular weight is 397 g/mol. The molecule has 146 valence electrons. The van der Waals surface area contributed by atoms with E-state index in [2.05, 4.69) is 5.32 Å². The Morgan fingerprint density at radius 3 is 2.63 bits per heavy atom. The van der Waals surface area contributed by atoms with Crippen molar-refractivity contribution < 1.29 is 18.3 Å². The number of rotatable bonds is 5. The summed E-state index contributed by atoms with van der Waals surface area (Å²) in [4.78, 5) is 14.5. The van der Waals surface area contributed by atoms with Crippen LogP contribution in [0.5, 0.6) is 11.5 Å². The lowest BCUT2D eigenvalue weighted by atomic mass is 9.97. The molecular formula is C20H23ClF2N2O2. The summed E-state index contributed by atoms with van der Waals surface area (Å²) < 4.78 is 32.0. The summed E-state index contributed by atoms with van der Waals surface area (Å²) in [6.07, 6.45) is 2.13. The Morgan fingerprint density at radius 1 is 1.22 bits per heavy atom. The van der Waals surface area contributed by atoms with Gasteiger partial charge in [0.2, 0.25) is 0 Å². The molecule has 27 heavy (non-hydrogen) atoms. The van der Waals surface area contributed by atoms with Crippen LogP contribution >= 0.6 is 12.4 Å². The summed E-state index contributed by atoms with van der Waals surface area (Å²) in [6, 6.07) is 9.70. The predicted octanol–water partition coefficient (Wildman–Crippen LogP) is 4.25. The normalized spacial score (nSPS) is 16.6. The molecule has 1 unspecified atom stereocenters. The first-order valence-electron chi connectivity index (χ1n) is 8.73. The molecule has 0 spiro atoms. The quantitative estimate of drug-likeness (QED) is 0.821. The van der Waals surface area contributed by atoms with E-state index in [1.807, 2.05) is 11.9 Å². The Hall–Kier alpha value is -2.18. The van der Waals surface area contributed by atoms with Crippen molar-refractivity contribution in [3.05, 3.63) is 59.7 Å². The number of likely N-dealkylation sites (tertiary alicyclic amines) is 1. The maximum Gasteiger partial charge on any atom is 0.253 e. The molecule has 1 heterocycles. The molecule has 1 aliphatic rings. The third-order valence-corrected chi connectivity index (χ3v) is 4.52. The Labute approximate surface area is 163 Å². The van der Waals surface area contributed by atoms with Crippen molar-refractivity contribution >= 4 is 18.3 Å². The van der Waals surface area contributed by atoms with Crippen LogP contribution in [0.15, 0.2) is 42.5 Å². The number of hydrogen-bond acceptors (Lipinski definition) is 3. The highest BCUT2D eigenvalue weighted by molar-refractivity contribution is 5.94. The molecule has 0 saturated carbocycles. The third kappa shape index (κ3) is 5.40. The smallest absolute Gasteiger partial charge is 0.253 e. The van der Waals surface area contributed by atoms with Gasteiger partial charge in [-0.3, -0.25) is 4.79 Å². The number of hydrogen-bond donors (Lipinski definition) is 1. The molecule has 1 N–H and O–H groups in total. The van der Waals surface area contributed by atoms with Crippen LogP contribution in [0.2, 0.25) is 0 Å². The first kappa shape index (κ1) is 21.1. The number of halogens is 3. The fraction of sp³-hybridized carbons (Fsp3) is 0.350. The molecule has 1 saturated heterocycles. The minimum atomic E-state index is -0.769. The number of carbonyl (C=O) groups excluding carboxylic acids is 1. The topological polar surface area (TPSA) is 41.6 Å². The van der Waals surface area contributed by atoms with Crippen molar-refractivity contribution in [2.75, 3.05) is 26.7 Å². The number of nitrogens with zero attached hydrogens (tertiary/aromatic N) is 1. The lowest BCUT2D eigenvalue weighted by Gasteiger charge is -2.32. The maximum atomic E-state index is 13.7. The van der Waals surface area contributed by atoms with Crippen LogP contribution in [-0.2, 0) is 0 Å². The molecule has 2 aromatic carbocycles. The zero-order chi connectivity index (χ0) is 18.5. The molecule has 0 bridgehead atoms.